The molecule has 5 heterocycles. The Morgan fingerprint density at radius 2 is 1.89 bits per heavy atom. The zero-order chi connectivity index (χ0) is 17.6. The SMILES string of the molecule is c1cc2c(c(-c3ccc4[nH]ccc4c3)c1)CC1(O2)C2CC3CC1CN(C3)C2. The van der Waals surface area contributed by atoms with Crippen molar-refractivity contribution < 1.29 is 4.74 Å². The van der Waals surface area contributed by atoms with E-state index < -0.39 is 0 Å². The molecule has 3 aromatic rings. The summed E-state index contributed by atoms with van der Waals surface area (Å²) in [6.07, 6.45) is 5.85. The fraction of sp³-hybridized carbons (Fsp3) is 0.417. The quantitative estimate of drug-likeness (QED) is 0.696. The highest BCUT2D eigenvalue weighted by Gasteiger charge is 2.60. The Labute approximate surface area is 159 Å². The molecular formula is C24H24N2O. The molecule has 27 heavy (non-hydrogen) atoms. The standard InChI is InChI=1S/C24H24N2O/c1-2-20(16-4-5-22-17(10-16)6-7-25-22)21-11-24(27-23(21)3-1)18-8-15-9-19(24)14-26(12-15)13-18/h1-7,10,15,18-19,25H,8-9,11-14H2. The first-order valence-electron chi connectivity index (χ1n) is 10.4. The monoisotopic (exact) mass is 356 g/mol. The molecule has 1 saturated carbocycles. The minimum Gasteiger partial charge on any atom is -0.486 e. The number of piperidine rings is 3. The van der Waals surface area contributed by atoms with Crippen molar-refractivity contribution in [1.29, 1.82) is 0 Å². The van der Waals surface area contributed by atoms with E-state index in [1.165, 1.54) is 60.1 Å². The van der Waals surface area contributed by atoms with Crippen LogP contribution in [0.5, 0.6) is 5.75 Å². The van der Waals surface area contributed by atoms with Gasteiger partial charge in [0.2, 0.25) is 0 Å². The van der Waals surface area contributed by atoms with Gasteiger partial charge in [-0.3, -0.25) is 0 Å². The number of hydrogen-bond acceptors (Lipinski definition) is 2. The highest BCUT2D eigenvalue weighted by Crippen LogP contribution is 2.57. The summed E-state index contributed by atoms with van der Waals surface area (Å²) in [5.74, 6) is 3.47. The summed E-state index contributed by atoms with van der Waals surface area (Å²) in [5.41, 5.74) is 5.38. The number of nitrogens with one attached hydrogen (secondary N) is 1. The fourth-order valence-corrected chi connectivity index (χ4v) is 6.76. The van der Waals surface area contributed by atoms with Crippen LogP contribution in [0, 0.1) is 17.8 Å². The summed E-state index contributed by atoms with van der Waals surface area (Å²) in [7, 11) is 0. The second-order valence-corrected chi connectivity index (χ2v) is 9.25. The van der Waals surface area contributed by atoms with Gasteiger partial charge in [0.15, 0.2) is 0 Å². The first-order valence-corrected chi connectivity index (χ1v) is 10.4. The Hall–Kier alpha value is -2.26. The second kappa shape index (κ2) is 4.96. The van der Waals surface area contributed by atoms with E-state index in [-0.39, 0.29) is 5.60 Å². The smallest absolute Gasteiger partial charge is 0.124 e. The largest absolute Gasteiger partial charge is 0.486 e. The molecule has 0 radical (unpaired) electrons. The van der Waals surface area contributed by atoms with E-state index in [9.17, 15) is 0 Å². The Balaban J connectivity index is 1.33. The Bertz CT molecular complexity index is 1040. The van der Waals surface area contributed by atoms with Crippen molar-refractivity contribution in [2.75, 3.05) is 19.6 Å². The number of aromatic amines is 1. The molecule has 136 valence electrons. The molecule has 0 amide bonds. The molecule has 1 aromatic heterocycles. The molecule has 4 aliphatic heterocycles. The number of aromatic nitrogens is 1. The maximum atomic E-state index is 6.87. The molecule has 1 spiro atoms. The molecule has 2 unspecified atom stereocenters. The van der Waals surface area contributed by atoms with Crippen LogP contribution in [0.2, 0.25) is 0 Å². The van der Waals surface area contributed by atoms with E-state index in [0.717, 1.165) is 18.1 Å². The van der Waals surface area contributed by atoms with Crippen molar-refractivity contribution in [2.45, 2.75) is 24.9 Å². The van der Waals surface area contributed by atoms with Gasteiger partial charge >= 0.3 is 0 Å². The zero-order valence-electron chi connectivity index (χ0n) is 15.4. The topological polar surface area (TPSA) is 28.3 Å². The summed E-state index contributed by atoms with van der Waals surface area (Å²) in [6, 6.07) is 15.6. The van der Waals surface area contributed by atoms with E-state index in [0.29, 0.717) is 11.8 Å². The van der Waals surface area contributed by atoms with Gasteiger partial charge in [0.05, 0.1) is 0 Å². The average molecular weight is 356 g/mol. The number of H-pyrrole nitrogens is 1. The number of benzene rings is 2. The van der Waals surface area contributed by atoms with Gasteiger partial charge in [0.25, 0.3) is 0 Å². The molecule has 5 aliphatic rings. The van der Waals surface area contributed by atoms with Gasteiger partial charge in [-0.2, -0.15) is 0 Å². The van der Waals surface area contributed by atoms with Crippen molar-refractivity contribution in [2.24, 2.45) is 17.8 Å². The van der Waals surface area contributed by atoms with E-state index in [2.05, 4.69) is 52.3 Å². The summed E-state index contributed by atoms with van der Waals surface area (Å²) >= 11 is 0. The lowest BCUT2D eigenvalue weighted by atomic mass is 9.58. The van der Waals surface area contributed by atoms with E-state index in [1.54, 1.807) is 0 Å². The van der Waals surface area contributed by atoms with Gasteiger partial charge in [0, 0.05) is 55.2 Å². The van der Waals surface area contributed by atoms with E-state index in [4.69, 9.17) is 4.74 Å². The van der Waals surface area contributed by atoms with Crippen molar-refractivity contribution in [1.82, 2.24) is 9.88 Å². The molecule has 2 aromatic carbocycles. The Morgan fingerprint density at radius 1 is 1.00 bits per heavy atom. The highest BCUT2D eigenvalue weighted by atomic mass is 16.5. The first-order chi connectivity index (χ1) is 13.3. The molecule has 1 aliphatic carbocycles. The third-order valence-electron chi connectivity index (χ3n) is 7.84. The molecule has 3 heteroatoms. The van der Waals surface area contributed by atoms with Crippen molar-refractivity contribution in [3.8, 4) is 16.9 Å². The predicted molar refractivity (Wildman–Crippen MR) is 107 cm³/mol. The number of rotatable bonds is 1. The molecule has 8 rings (SSSR count). The van der Waals surface area contributed by atoms with Crippen LogP contribution in [-0.4, -0.2) is 35.1 Å². The number of fused-ring (bicyclic) bond motifs is 2. The summed E-state index contributed by atoms with van der Waals surface area (Å²) in [5, 5.41) is 1.28. The highest BCUT2D eigenvalue weighted by molar-refractivity contribution is 5.86. The van der Waals surface area contributed by atoms with Gasteiger partial charge in [-0.15, -0.1) is 0 Å². The van der Waals surface area contributed by atoms with Crippen molar-refractivity contribution in [3.63, 3.8) is 0 Å². The molecule has 3 nitrogen and oxygen atoms in total. The van der Waals surface area contributed by atoms with Gasteiger partial charge < -0.3 is 14.6 Å². The van der Waals surface area contributed by atoms with Gasteiger partial charge in [-0.05, 0) is 59.5 Å². The number of ether oxygens (including phenoxy) is 1. The third kappa shape index (κ3) is 1.91. The predicted octanol–water partition coefficient (Wildman–Crippen LogP) is 4.48. The van der Waals surface area contributed by atoms with E-state index >= 15 is 0 Å². The summed E-state index contributed by atoms with van der Waals surface area (Å²) in [6.45, 7) is 3.81. The Morgan fingerprint density at radius 3 is 2.74 bits per heavy atom. The molecular weight excluding hydrogens is 332 g/mol. The van der Waals surface area contributed by atoms with Crippen LogP contribution in [0.15, 0.2) is 48.7 Å². The third-order valence-corrected chi connectivity index (χ3v) is 7.84. The van der Waals surface area contributed by atoms with Crippen molar-refractivity contribution in [3.05, 3.63) is 54.2 Å². The van der Waals surface area contributed by atoms with Gasteiger partial charge in [0.1, 0.15) is 11.4 Å². The Kier molecular flexibility index (Phi) is 2.71. The number of hydrogen-bond donors (Lipinski definition) is 1. The molecule has 4 fully saturated rings. The average Bonchev–Trinajstić information content (AvgIpc) is 3.30. The molecule has 3 saturated heterocycles. The van der Waals surface area contributed by atoms with Crippen LogP contribution >= 0.6 is 0 Å². The number of nitrogens with zero attached hydrogens (tertiary/aromatic N) is 1. The van der Waals surface area contributed by atoms with Gasteiger partial charge in [-0.25, -0.2) is 0 Å². The van der Waals surface area contributed by atoms with Crippen LogP contribution in [0.4, 0.5) is 0 Å². The van der Waals surface area contributed by atoms with Crippen LogP contribution < -0.4 is 4.74 Å². The lowest BCUT2D eigenvalue weighted by molar-refractivity contribution is -0.158. The van der Waals surface area contributed by atoms with Crippen molar-refractivity contribution >= 4 is 10.9 Å². The zero-order valence-corrected chi connectivity index (χ0v) is 15.4. The van der Waals surface area contributed by atoms with Gasteiger partial charge in [-0.1, -0.05) is 18.2 Å². The van der Waals surface area contributed by atoms with Crippen LogP contribution in [-0.2, 0) is 6.42 Å². The maximum Gasteiger partial charge on any atom is 0.124 e. The minimum absolute atomic E-state index is 0.0596. The van der Waals surface area contributed by atoms with Crippen LogP contribution in [0.3, 0.4) is 0 Å². The second-order valence-electron chi connectivity index (χ2n) is 9.25. The normalized spacial score (nSPS) is 35.7. The van der Waals surface area contributed by atoms with Crippen LogP contribution in [0.25, 0.3) is 22.0 Å². The lowest BCUT2D eigenvalue weighted by Gasteiger charge is -2.60. The lowest BCUT2D eigenvalue weighted by Crippen LogP contribution is -2.68. The molecule has 1 N–H and O–H groups in total. The first kappa shape index (κ1) is 14.8. The van der Waals surface area contributed by atoms with Crippen LogP contribution in [0.1, 0.15) is 18.4 Å². The summed E-state index contributed by atoms with van der Waals surface area (Å²) < 4.78 is 6.87. The summed E-state index contributed by atoms with van der Waals surface area (Å²) in [4.78, 5) is 6.00. The maximum absolute atomic E-state index is 6.87. The molecule has 4 bridgehead atoms. The minimum atomic E-state index is 0.0596. The van der Waals surface area contributed by atoms with E-state index in [1.807, 2.05) is 6.20 Å². The fourth-order valence-electron chi connectivity index (χ4n) is 6.76. The molecule has 2 atom stereocenters.